The van der Waals surface area contributed by atoms with Crippen LogP contribution in [0.3, 0.4) is 0 Å². The fourth-order valence-electron chi connectivity index (χ4n) is 2.41. The maximum Gasteiger partial charge on any atom is 0.414 e. The van der Waals surface area contributed by atoms with E-state index >= 15 is 0 Å². The van der Waals surface area contributed by atoms with Gasteiger partial charge in [-0.2, -0.15) is 0 Å². The number of carbonyl (C=O) groups excluding carboxylic acids is 1. The van der Waals surface area contributed by atoms with Gasteiger partial charge in [-0.3, -0.25) is 15.0 Å². The molecule has 1 amide bonds. The first-order chi connectivity index (χ1) is 14.5. The Hall–Kier alpha value is -3.67. The molecule has 0 unspecified atom stereocenters. The monoisotopic (exact) mass is 434 g/mol. The lowest BCUT2D eigenvalue weighted by atomic mass is 10.2. The van der Waals surface area contributed by atoms with Crippen molar-refractivity contribution in [2.45, 2.75) is 26.4 Å². The van der Waals surface area contributed by atoms with Gasteiger partial charge < -0.3 is 25.3 Å². The van der Waals surface area contributed by atoms with E-state index in [1.54, 1.807) is 46.1 Å². The Morgan fingerprint density at radius 2 is 1.97 bits per heavy atom. The number of nitrogens with two attached hydrogens (primary N) is 1. The summed E-state index contributed by atoms with van der Waals surface area (Å²) in [4.78, 5) is 32.0. The van der Waals surface area contributed by atoms with Crippen molar-refractivity contribution in [2.75, 3.05) is 43.3 Å². The van der Waals surface area contributed by atoms with Crippen LogP contribution in [0.5, 0.6) is 5.75 Å². The van der Waals surface area contributed by atoms with Crippen LogP contribution in [0.4, 0.5) is 33.5 Å². The Kier molecular flexibility index (Phi) is 7.53. The van der Waals surface area contributed by atoms with Crippen molar-refractivity contribution in [1.82, 2.24) is 9.97 Å². The van der Waals surface area contributed by atoms with Crippen molar-refractivity contribution in [3.63, 3.8) is 0 Å². The number of hydrogen-bond acceptors (Lipinski definition) is 10. The normalized spacial score (nSPS) is 11.0. The largest absolute Gasteiger partial charge is 0.491 e. The Balaban J connectivity index is 2.42. The summed E-state index contributed by atoms with van der Waals surface area (Å²) in [6.07, 6.45) is 0.530. The van der Waals surface area contributed by atoms with E-state index in [1.165, 1.54) is 11.9 Å². The topological polar surface area (TPSA) is 155 Å². The molecule has 2 rings (SSSR count). The van der Waals surface area contributed by atoms with Crippen LogP contribution in [0, 0.1) is 10.1 Å². The lowest BCUT2D eigenvalue weighted by molar-refractivity contribution is -0.383. The van der Waals surface area contributed by atoms with E-state index in [9.17, 15) is 14.9 Å². The highest BCUT2D eigenvalue weighted by atomic mass is 16.6. The lowest BCUT2D eigenvalue weighted by Gasteiger charge is -2.25. The van der Waals surface area contributed by atoms with Gasteiger partial charge in [0.05, 0.1) is 17.2 Å². The van der Waals surface area contributed by atoms with Crippen molar-refractivity contribution in [3.8, 4) is 5.75 Å². The van der Waals surface area contributed by atoms with Crippen LogP contribution >= 0.6 is 0 Å². The van der Waals surface area contributed by atoms with Gasteiger partial charge in [0.1, 0.15) is 24.3 Å². The van der Waals surface area contributed by atoms with E-state index in [0.717, 1.165) is 6.33 Å². The van der Waals surface area contributed by atoms with Gasteiger partial charge in [-0.15, -0.1) is 0 Å². The second-order valence-electron chi connectivity index (χ2n) is 7.43. The van der Waals surface area contributed by atoms with Crippen LogP contribution < -0.4 is 20.7 Å². The summed E-state index contributed by atoms with van der Waals surface area (Å²) in [6.45, 7) is 5.89. The molecule has 0 aliphatic rings. The van der Waals surface area contributed by atoms with E-state index < -0.39 is 22.3 Å². The number of rotatable bonds is 8. The molecule has 0 saturated carbocycles. The van der Waals surface area contributed by atoms with Crippen molar-refractivity contribution in [2.24, 2.45) is 0 Å². The SMILES string of the molecule is COCCOc1cc(Nc2ncnc(N)c2[N+](=O)[O-])cc(N(C)C(=O)OC(C)(C)C)c1. The number of benzene rings is 1. The number of carbonyl (C=O) groups is 1. The molecule has 1 aromatic heterocycles. The molecule has 1 aromatic carbocycles. The Morgan fingerprint density at radius 1 is 1.26 bits per heavy atom. The van der Waals surface area contributed by atoms with Crippen molar-refractivity contribution in [1.29, 1.82) is 0 Å². The molecular weight excluding hydrogens is 408 g/mol. The molecule has 0 saturated heterocycles. The van der Waals surface area contributed by atoms with Gasteiger partial charge in [0.2, 0.25) is 11.6 Å². The van der Waals surface area contributed by atoms with Crippen LogP contribution in [-0.2, 0) is 9.47 Å². The molecule has 0 aliphatic heterocycles. The number of nitrogens with one attached hydrogen (secondary N) is 1. The predicted octanol–water partition coefficient (Wildman–Crippen LogP) is 3.11. The zero-order valence-electron chi connectivity index (χ0n) is 18.0. The molecular formula is C19H26N6O6. The highest BCUT2D eigenvalue weighted by molar-refractivity contribution is 5.89. The summed E-state index contributed by atoms with van der Waals surface area (Å²) in [5, 5.41) is 14.2. The van der Waals surface area contributed by atoms with Crippen LogP contribution in [0.15, 0.2) is 24.5 Å². The molecule has 12 nitrogen and oxygen atoms in total. The first-order valence-electron chi connectivity index (χ1n) is 9.27. The first kappa shape index (κ1) is 23.6. The standard InChI is InChI=1S/C19H26N6O6/c1-19(2,3)31-18(26)24(4)13-8-12(9-14(10-13)30-7-6-29-5)23-17-15(25(27)28)16(20)21-11-22-17/h8-11H,6-7H2,1-5H3,(H3,20,21,22,23). The highest BCUT2D eigenvalue weighted by Gasteiger charge is 2.23. The van der Waals surface area contributed by atoms with E-state index in [0.29, 0.717) is 23.7 Å². The van der Waals surface area contributed by atoms with E-state index in [2.05, 4.69) is 15.3 Å². The lowest BCUT2D eigenvalue weighted by Crippen LogP contribution is -2.34. The maximum atomic E-state index is 12.5. The summed E-state index contributed by atoms with van der Waals surface area (Å²) >= 11 is 0. The maximum absolute atomic E-state index is 12.5. The summed E-state index contributed by atoms with van der Waals surface area (Å²) in [6, 6.07) is 4.83. The van der Waals surface area contributed by atoms with Gasteiger partial charge in [0, 0.05) is 32.0 Å². The number of aromatic nitrogens is 2. The van der Waals surface area contributed by atoms with Gasteiger partial charge >= 0.3 is 11.8 Å². The molecule has 12 heteroatoms. The van der Waals surface area contributed by atoms with Gasteiger partial charge in [-0.25, -0.2) is 14.8 Å². The first-order valence-corrected chi connectivity index (χ1v) is 9.27. The Bertz CT molecular complexity index is 946. The number of nitrogen functional groups attached to an aromatic ring is 1. The molecule has 2 aromatic rings. The van der Waals surface area contributed by atoms with Crippen molar-refractivity contribution in [3.05, 3.63) is 34.6 Å². The van der Waals surface area contributed by atoms with Crippen molar-refractivity contribution >= 4 is 34.8 Å². The minimum atomic E-state index is -0.682. The van der Waals surface area contributed by atoms with E-state index in [4.69, 9.17) is 19.9 Å². The number of nitro groups is 1. The molecule has 0 aliphatic carbocycles. The van der Waals surface area contributed by atoms with Crippen LogP contribution in [0.2, 0.25) is 0 Å². The predicted molar refractivity (Wildman–Crippen MR) is 115 cm³/mol. The second-order valence-corrected chi connectivity index (χ2v) is 7.43. The third-order valence-corrected chi connectivity index (χ3v) is 3.80. The molecule has 3 N–H and O–H groups in total. The number of ether oxygens (including phenoxy) is 3. The molecule has 0 radical (unpaired) electrons. The summed E-state index contributed by atoms with van der Waals surface area (Å²) in [7, 11) is 3.08. The van der Waals surface area contributed by atoms with Crippen molar-refractivity contribution < 1.29 is 23.9 Å². The number of nitrogens with zero attached hydrogens (tertiary/aromatic N) is 4. The van der Waals surface area contributed by atoms with E-state index in [1.807, 2.05) is 0 Å². The zero-order valence-corrected chi connectivity index (χ0v) is 18.0. The summed E-state index contributed by atoms with van der Waals surface area (Å²) in [5.74, 6) is 0.0237. The van der Waals surface area contributed by atoms with Crippen LogP contribution in [-0.4, -0.2) is 54.0 Å². The second kappa shape index (κ2) is 9.89. The third-order valence-electron chi connectivity index (χ3n) is 3.80. The fraction of sp³-hybridized carbons (Fsp3) is 0.421. The number of methoxy groups -OCH3 is 1. The van der Waals surface area contributed by atoms with Gasteiger partial charge in [-0.05, 0) is 26.8 Å². The molecule has 31 heavy (non-hydrogen) atoms. The zero-order chi connectivity index (χ0) is 23.2. The summed E-state index contributed by atoms with van der Waals surface area (Å²) < 4.78 is 16.0. The summed E-state index contributed by atoms with van der Waals surface area (Å²) in [5.41, 5.74) is 5.28. The Labute approximate surface area is 179 Å². The fourth-order valence-corrected chi connectivity index (χ4v) is 2.41. The molecule has 0 spiro atoms. The van der Waals surface area contributed by atoms with Gasteiger partial charge in [0.15, 0.2) is 0 Å². The average Bonchev–Trinajstić information content (AvgIpc) is 2.66. The number of hydrogen-bond donors (Lipinski definition) is 2. The average molecular weight is 434 g/mol. The minimum Gasteiger partial charge on any atom is -0.491 e. The molecule has 0 atom stereocenters. The third kappa shape index (κ3) is 6.67. The van der Waals surface area contributed by atoms with Crippen LogP contribution in [0.25, 0.3) is 0 Å². The number of amides is 1. The van der Waals surface area contributed by atoms with E-state index in [-0.39, 0.29) is 18.2 Å². The van der Waals surface area contributed by atoms with Gasteiger partial charge in [-0.1, -0.05) is 0 Å². The van der Waals surface area contributed by atoms with Gasteiger partial charge in [0.25, 0.3) is 0 Å². The minimum absolute atomic E-state index is 0.0996. The molecule has 168 valence electrons. The molecule has 0 fully saturated rings. The smallest absolute Gasteiger partial charge is 0.414 e. The molecule has 1 heterocycles. The van der Waals surface area contributed by atoms with Crippen LogP contribution in [0.1, 0.15) is 20.8 Å². The quantitative estimate of drug-likeness (QED) is 0.359. The number of anilines is 4. The molecule has 0 bridgehead atoms. The Morgan fingerprint density at radius 3 is 2.58 bits per heavy atom. The highest BCUT2D eigenvalue weighted by Crippen LogP contribution is 2.33.